The van der Waals surface area contributed by atoms with Crippen LogP contribution in [0.2, 0.25) is 0 Å². The zero-order valence-electron chi connectivity index (χ0n) is 10.9. The highest BCUT2D eigenvalue weighted by molar-refractivity contribution is 5.94. The summed E-state index contributed by atoms with van der Waals surface area (Å²) >= 11 is 0. The fraction of sp³-hybridized carbons (Fsp3) is 0.0667. The largest absolute Gasteiger partial charge is 0.348 e. The third-order valence-electron chi connectivity index (χ3n) is 2.85. The van der Waals surface area contributed by atoms with Gasteiger partial charge >= 0.3 is 0 Å². The highest BCUT2D eigenvalue weighted by atomic mass is 16.6. The number of nitrogens with zero attached hydrogens (tertiary/aromatic N) is 2. The number of carbonyl (C=O) groups is 1. The molecular weight excluding hydrogens is 270 g/mol. The maximum atomic E-state index is 11.9. The van der Waals surface area contributed by atoms with Gasteiger partial charge in [0.1, 0.15) is 0 Å². The lowest BCUT2D eigenvalue weighted by Crippen LogP contribution is -2.22. The van der Waals surface area contributed by atoms with Gasteiger partial charge in [-0.05, 0) is 29.8 Å². The van der Waals surface area contributed by atoms with E-state index >= 15 is 0 Å². The first-order valence-corrected chi connectivity index (χ1v) is 6.12. The van der Waals surface area contributed by atoms with Crippen molar-refractivity contribution in [1.29, 1.82) is 5.26 Å². The molecule has 0 saturated heterocycles. The van der Waals surface area contributed by atoms with Crippen molar-refractivity contribution in [3.63, 3.8) is 0 Å². The van der Waals surface area contributed by atoms with E-state index in [2.05, 4.69) is 5.32 Å². The highest BCUT2D eigenvalue weighted by Gasteiger charge is 2.09. The Hall–Kier alpha value is -3.20. The molecule has 0 aromatic heterocycles. The van der Waals surface area contributed by atoms with E-state index in [1.54, 1.807) is 24.3 Å². The van der Waals surface area contributed by atoms with Crippen LogP contribution in [0.5, 0.6) is 0 Å². The molecule has 0 radical (unpaired) electrons. The van der Waals surface area contributed by atoms with E-state index < -0.39 is 4.92 Å². The second-order valence-electron chi connectivity index (χ2n) is 4.30. The van der Waals surface area contributed by atoms with E-state index in [4.69, 9.17) is 5.26 Å². The maximum Gasteiger partial charge on any atom is 0.269 e. The van der Waals surface area contributed by atoms with Crippen molar-refractivity contribution in [2.24, 2.45) is 0 Å². The summed E-state index contributed by atoms with van der Waals surface area (Å²) < 4.78 is 0. The van der Waals surface area contributed by atoms with Gasteiger partial charge in [-0.25, -0.2) is 0 Å². The summed E-state index contributed by atoms with van der Waals surface area (Å²) in [4.78, 5) is 21.9. The molecule has 6 heteroatoms. The fourth-order valence-corrected chi connectivity index (χ4v) is 1.77. The minimum absolute atomic E-state index is 0.0618. The van der Waals surface area contributed by atoms with Crippen LogP contribution in [0.15, 0.2) is 48.5 Å². The standard InChI is InChI=1S/C15H11N3O3/c16-9-11-2-1-3-12(8-11)10-17-15(19)13-4-6-14(7-5-13)18(20)21/h1-8H,10H2,(H,17,19). The van der Waals surface area contributed by atoms with Gasteiger partial charge in [0.25, 0.3) is 11.6 Å². The number of rotatable bonds is 4. The predicted octanol–water partition coefficient (Wildman–Crippen LogP) is 2.40. The van der Waals surface area contributed by atoms with Gasteiger partial charge in [0, 0.05) is 24.2 Å². The summed E-state index contributed by atoms with van der Waals surface area (Å²) in [5.74, 6) is -0.327. The number of non-ortho nitro benzene ring substituents is 1. The molecule has 2 aromatic rings. The number of nitro benzene ring substituents is 1. The van der Waals surface area contributed by atoms with Crippen molar-refractivity contribution in [2.45, 2.75) is 6.54 Å². The van der Waals surface area contributed by atoms with Gasteiger partial charge in [0.2, 0.25) is 0 Å². The molecule has 0 aliphatic heterocycles. The third-order valence-corrected chi connectivity index (χ3v) is 2.85. The summed E-state index contributed by atoms with van der Waals surface area (Å²) in [5, 5.41) is 22.0. The van der Waals surface area contributed by atoms with Crippen LogP contribution in [0, 0.1) is 21.4 Å². The molecule has 0 unspecified atom stereocenters. The van der Waals surface area contributed by atoms with Gasteiger partial charge < -0.3 is 5.32 Å². The fourth-order valence-electron chi connectivity index (χ4n) is 1.77. The topological polar surface area (TPSA) is 96.0 Å². The average Bonchev–Trinajstić information content (AvgIpc) is 2.53. The monoisotopic (exact) mass is 281 g/mol. The smallest absolute Gasteiger partial charge is 0.269 e. The first-order chi connectivity index (χ1) is 10.1. The van der Waals surface area contributed by atoms with E-state index in [1.165, 1.54) is 24.3 Å². The second-order valence-corrected chi connectivity index (χ2v) is 4.30. The SMILES string of the molecule is N#Cc1cccc(CNC(=O)c2ccc([N+](=O)[O-])cc2)c1. The Balaban J connectivity index is 2.01. The predicted molar refractivity (Wildman–Crippen MR) is 75.4 cm³/mol. The second kappa shape index (κ2) is 6.30. The Bertz CT molecular complexity index is 718. The van der Waals surface area contributed by atoms with Crippen LogP contribution in [0.1, 0.15) is 21.5 Å². The van der Waals surface area contributed by atoms with Crippen LogP contribution in [-0.2, 0) is 6.54 Å². The Morgan fingerprint density at radius 2 is 1.95 bits per heavy atom. The quantitative estimate of drug-likeness (QED) is 0.687. The van der Waals surface area contributed by atoms with E-state index in [0.717, 1.165) is 5.56 Å². The minimum atomic E-state index is -0.519. The van der Waals surface area contributed by atoms with Crippen molar-refractivity contribution in [2.75, 3.05) is 0 Å². The summed E-state index contributed by atoms with van der Waals surface area (Å²) in [6, 6.07) is 14.3. The van der Waals surface area contributed by atoms with E-state index in [0.29, 0.717) is 11.1 Å². The van der Waals surface area contributed by atoms with Gasteiger partial charge in [0.05, 0.1) is 16.6 Å². The molecule has 6 nitrogen and oxygen atoms in total. The van der Waals surface area contributed by atoms with Crippen molar-refractivity contribution in [1.82, 2.24) is 5.32 Å². The van der Waals surface area contributed by atoms with Crippen molar-refractivity contribution in [3.05, 3.63) is 75.3 Å². The van der Waals surface area contributed by atoms with Crippen LogP contribution in [0.25, 0.3) is 0 Å². The Kier molecular flexibility index (Phi) is 4.26. The number of nitrogens with one attached hydrogen (secondary N) is 1. The van der Waals surface area contributed by atoms with Gasteiger partial charge in [-0.3, -0.25) is 14.9 Å². The van der Waals surface area contributed by atoms with Gasteiger partial charge in [-0.15, -0.1) is 0 Å². The lowest BCUT2D eigenvalue weighted by molar-refractivity contribution is -0.384. The molecule has 0 bridgehead atoms. The maximum absolute atomic E-state index is 11.9. The summed E-state index contributed by atoms with van der Waals surface area (Å²) in [5.41, 5.74) is 1.62. The minimum Gasteiger partial charge on any atom is -0.348 e. The van der Waals surface area contributed by atoms with E-state index in [9.17, 15) is 14.9 Å². The van der Waals surface area contributed by atoms with E-state index in [1.807, 2.05) is 6.07 Å². The lowest BCUT2D eigenvalue weighted by atomic mass is 10.1. The Morgan fingerprint density at radius 1 is 1.24 bits per heavy atom. The zero-order valence-corrected chi connectivity index (χ0v) is 10.9. The number of amides is 1. The number of nitro groups is 1. The Labute approximate surface area is 120 Å². The van der Waals surface area contributed by atoms with Gasteiger partial charge in [-0.1, -0.05) is 12.1 Å². The number of carbonyl (C=O) groups excluding carboxylic acids is 1. The lowest BCUT2D eigenvalue weighted by Gasteiger charge is -2.05. The molecule has 0 atom stereocenters. The average molecular weight is 281 g/mol. The number of nitriles is 1. The molecule has 0 spiro atoms. The van der Waals surface area contributed by atoms with Crippen LogP contribution < -0.4 is 5.32 Å². The molecule has 0 aliphatic carbocycles. The summed E-state index contributed by atoms with van der Waals surface area (Å²) in [7, 11) is 0. The number of hydrogen-bond acceptors (Lipinski definition) is 4. The van der Waals surface area contributed by atoms with Crippen LogP contribution >= 0.6 is 0 Å². The van der Waals surface area contributed by atoms with E-state index in [-0.39, 0.29) is 18.1 Å². The molecule has 104 valence electrons. The molecule has 21 heavy (non-hydrogen) atoms. The molecule has 1 N–H and O–H groups in total. The molecule has 0 aliphatic rings. The molecular formula is C15H11N3O3. The van der Waals surface area contributed by atoms with Crippen LogP contribution in [0.4, 0.5) is 5.69 Å². The Morgan fingerprint density at radius 3 is 2.57 bits per heavy atom. The van der Waals surface area contributed by atoms with Gasteiger partial charge in [0.15, 0.2) is 0 Å². The van der Waals surface area contributed by atoms with Crippen molar-refractivity contribution in [3.8, 4) is 6.07 Å². The van der Waals surface area contributed by atoms with Crippen molar-refractivity contribution >= 4 is 11.6 Å². The summed E-state index contributed by atoms with van der Waals surface area (Å²) in [6.07, 6.45) is 0. The molecule has 2 rings (SSSR count). The molecule has 2 aromatic carbocycles. The summed E-state index contributed by atoms with van der Waals surface area (Å²) in [6.45, 7) is 0.283. The molecule has 0 saturated carbocycles. The van der Waals surface area contributed by atoms with Crippen LogP contribution in [-0.4, -0.2) is 10.8 Å². The van der Waals surface area contributed by atoms with Gasteiger partial charge in [-0.2, -0.15) is 5.26 Å². The molecule has 0 heterocycles. The first kappa shape index (κ1) is 14.2. The third kappa shape index (κ3) is 3.64. The van der Waals surface area contributed by atoms with Crippen molar-refractivity contribution < 1.29 is 9.72 Å². The highest BCUT2D eigenvalue weighted by Crippen LogP contribution is 2.12. The first-order valence-electron chi connectivity index (χ1n) is 6.12. The number of benzene rings is 2. The molecule has 1 amide bonds. The zero-order chi connectivity index (χ0) is 15.2. The normalized spacial score (nSPS) is 9.67. The molecule has 0 fully saturated rings. The number of hydrogen-bond donors (Lipinski definition) is 1. The van der Waals surface area contributed by atoms with Crippen LogP contribution in [0.3, 0.4) is 0 Å².